The molecule has 114 valence electrons. The minimum atomic E-state index is 0.532. The third kappa shape index (κ3) is 2.16. The zero-order valence-electron chi connectivity index (χ0n) is 13.2. The number of nitrogens with zero attached hydrogens (tertiary/aromatic N) is 3. The van der Waals surface area contributed by atoms with Crippen LogP contribution in [0.3, 0.4) is 0 Å². The summed E-state index contributed by atoms with van der Waals surface area (Å²) in [6.45, 7) is 7.56. The monoisotopic (exact) mass is 299 g/mol. The van der Waals surface area contributed by atoms with Gasteiger partial charge in [-0.15, -0.1) is 0 Å². The van der Waals surface area contributed by atoms with Crippen LogP contribution < -0.4 is 4.74 Å². The van der Waals surface area contributed by atoms with Crippen LogP contribution in [0.1, 0.15) is 22.9 Å². The van der Waals surface area contributed by atoms with Gasteiger partial charge in [-0.2, -0.15) is 0 Å². The molecule has 0 bridgehead atoms. The average Bonchev–Trinajstić information content (AvgIpc) is 3.01. The summed E-state index contributed by atoms with van der Waals surface area (Å²) >= 11 is 0. The molecule has 22 heavy (non-hydrogen) atoms. The molecule has 6 nitrogen and oxygen atoms in total. The predicted molar refractivity (Wildman–Crippen MR) is 80.7 cm³/mol. The summed E-state index contributed by atoms with van der Waals surface area (Å²) in [6, 6.07) is 2.00. The first-order valence-electron chi connectivity index (χ1n) is 6.93. The highest BCUT2D eigenvalue weighted by Gasteiger charge is 2.20. The fraction of sp³-hybridized carbons (Fsp3) is 0.312. The highest BCUT2D eigenvalue weighted by molar-refractivity contribution is 5.78. The molecule has 0 atom stereocenters. The summed E-state index contributed by atoms with van der Waals surface area (Å²) in [6.07, 6.45) is 1.76. The molecule has 0 N–H and O–H groups in total. The first-order valence-corrected chi connectivity index (χ1v) is 6.93. The lowest BCUT2D eigenvalue weighted by molar-refractivity contribution is 0.392. The lowest BCUT2D eigenvalue weighted by atomic mass is 9.99. The van der Waals surface area contributed by atoms with Gasteiger partial charge in [-0.25, -0.2) is 4.98 Å². The molecule has 0 spiro atoms. The summed E-state index contributed by atoms with van der Waals surface area (Å²) in [7, 11) is 1.60. The van der Waals surface area contributed by atoms with E-state index in [1.807, 2.05) is 33.8 Å². The molecular formula is C16H17N3O3. The molecule has 3 heterocycles. The number of methoxy groups -OCH3 is 1. The van der Waals surface area contributed by atoms with E-state index in [0.717, 1.165) is 45.2 Å². The van der Waals surface area contributed by atoms with Gasteiger partial charge in [0.25, 0.3) is 0 Å². The van der Waals surface area contributed by atoms with Gasteiger partial charge in [-0.3, -0.25) is 0 Å². The van der Waals surface area contributed by atoms with Crippen LogP contribution in [0.25, 0.3) is 22.3 Å². The normalized spacial score (nSPS) is 11.0. The smallest absolute Gasteiger partial charge is 0.221 e. The van der Waals surface area contributed by atoms with E-state index in [4.69, 9.17) is 13.8 Å². The van der Waals surface area contributed by atoms with E-state index in [2.05, 4.69) is 15.3 Å². The van der Waals surface area contributed by atoms with Crippen LogP contribution >= 0.6 is 0 Å². The second-order valence-electron chi connectivity index (χ2n) is 5.18. The number of hydrogen-bond acceptors (Lipinski definition) is 6. The van der Waals surface area contributed by atoms with Gasteiger partial charge < -0.3 is 13.8 Å². The van der Waals surface area contributed by atoms with Gasteiger partial charge >= 0.3 is 0 Å². The van der Waals surface area contributed by atoms with Crippen molar-refractivity contribution in [3.8, 4) is 28.1 Å². The fourth-order valence-electron chi connectivity index (χ4n) is 2.69. The van der Waals surface area contributed by atoms with Crippen LogP contribution in [0.15, 0.2) is 21.3 Å². The molecule has 0 aromatic carbocycles. The number of pyridine rings is 1. The van der Waals surface area contributed by atoms with E-state index in [1.54, 1.807) is 13.3 Å². The number of rotatable bonds is 3. The van der Waals surface area contributed by atoms with Crippen LogP contribution in [0.5, 0.6) is 5.88 Å². The van der Waals surface area contributed by atoms with Crippen molar-refractivity contribution >= 4 is 0 Å². The van der Waals surface area contributed by atoms with Crippen molar-refractivity contribution in [2.24, 2.45) is 0 Å². The number of aromatic nitrogens is 3. The maximum atomic E-state index is 5.39. The quantitative estimate of drug-likeness (QED) is 0.735. The SMILES string of the molecule is COc1ncc(-c2c(C)noc2C)cc1-c1c(C)noc1C. The summed E-state index contributed by atoms with van der Waals surface area (Å²) in [5, 5.41) is 8.00. The third-order valence-electron chi connectivity index (χ3n) is 3.67. The molecule has 0 aliphatic rings. The molecule has 0 aliphatic carbocycles. The first kappa shape index (κ1) is 14.3. The summed E-state index contributed by atoms with van der Waals surface area (Å²) in [4.78, 5) is 4.41. The Balaban J connectivity index is 2.24. The van der Waals surface area contributed by atoms with E-state index in [1.165, 1.54) is 0 Å². The third-order valence-corrected chi connectivity index (χ3v) is 3.67. The fourth-order valence-corrected chi connectivity index (χ4v) is 2.69. The van der Waals surface area contributed by atoms with Crippen LogP contribution in [0.2, 0.25) is 0 Å². The van der Waals surface area contributed by atoms with Gasteiger partial charge in [-0.05, 0) is 33.8 Å². The van der Waals surface area contributed by atoms with Crippen LogP contribution in [0, 0.1) is 27.7 Å². The highest BCUT2D eigenvalue weighted by Crippen LogP contribution is 2.37. The zero-order chi connectivity index (χ0) is 15.9. The molecule has 6 heteroatoms. The average molecular weight is 299 g/mol. The Kier molecular flexibility index (Phi) is 3.44. The van der Waals surface area contributed by atoms with E-state index < -0.39 is 0 Å². The Morgan fingerprint density at radius 2 is 1.50 bits per heavy atom. The van der Waals surface area contributed by atoms with Crippen molar-refractivity contribution < 1.29 is 13.8 Å². The van der Waals surface area contributed by atoms with Crippen molar-refractivity contribution in [3.63, 3.8) is 0 Å². The molecule has 3 aromatic rings. The number of aryl methyl sites for hydroxylation is 4. The van der Waals surface area contributed by atoms with Crippen molar-refractivity contribution in [2.75, 3.05) is 7.11 Å². The highest BCUT2D eigenvalue weighted by atomic mass is 16.5. The molecule has 0 radical (unpaired) electrons. The largest absolute Gasteiger partial charge is 0.481 e. The van der Waals surface area contributed by atoms with Gasteiger partial charge in [0.2, 0.25) is 5.88 Å². The second kappa shape index (κ2) is 5.29. The molecule has 3 rings (SSSR count). The van der Waals surface area contributed by atoms with Crippen LogP contribution in [-0.4, -0.2) is 22.4 Å². The molecular weight excluding hydrogens is 282 g/mol. The van der Waals surface area contributed by atoms with E-state index >= 15 is 0 Å². The van der Waals surface area contributed by atoms with Crippen LogP contribution in [-0.2, 0) is 0 Å². The zero-order valence-corrected chi connectivity index (χ0v) is 13.2. The Bertz CT molecular complexity index is 794. The number of hydrogen-bond donors (Lipinski definition) is 0. The van der Waals surface area contributed by atoms with Crippen LogP contribution in [0.4, 0.5) is 0 Å². The van der Waals surface area contributed by atoms with Gasteiger partial charge in [0.05, 0.1) is 24.1 Å². The Morgan fingerprint density at radius 1 is 0.909 bits per heavy atom. The molecule has 0 saturated heterocycles. The van der Waals surface area contributed by atoms with Crippen molar-refractivity contribution in [1.29, 1.82) is 0 Å². The minimum absolute atomic E-state index is 0.532. The van der Waals surface area contributed by atoms with Gasteiger partial charge in [-0.1, -0.05) is 10.3 Å². The van der Waals surface area contributed by atoms with Gasteiger partial charge in [0.15, 0.2) is 0 Å². The summed E-state index contributed by atoms with van der Waals surface area (Å²) in [5.74, 6) is 2.02. The van der Waals surface area contributed by atoms with E-state index in [-0.39, 0.29) is 0 Å². The number of ether oxygens (including phenoxy) is 1. The van der Waals surface area contributed by atoms with Crippen molar-refractivity contribution in [2.45, 2.75) is 27.7 Å². The predicted octanol–water partition coefficient (Wildman–Crippen LogP) is 3.63. The Morgan fingerprint density at radius 3 is 2.00 bits per heavy atom. The molecule has 0 amide bonds. The molecule has 0 aliphatic heterocycles. The molecule has 0 fully saturated rings. The minimum Gasteiger partial charge on any atom is -0.481 e. The first-order chi connectivity index (χ1) is 10.5. The molecule has 0 unspecified atom stereocenters. The van der Waals surface area contributed by atoms with E-state index in [0.29, 0.717) is 5.88 Å². The topological polar surface area (TPSA) is 74.2 Å². The van der Waals surface area contributed by atoms with Gasteiger partial charge in [0, 0.05) is 22.9 Å². The lowest BCUT2D eigenvalue weighted by Gasteiger charge is -2.09. The molecule has 3 aromatic heterocycles. The Hall–Kier alpha value is -2.63. The standard InChI is InChI=1S/C16H17N3O3/c1-8-14(10(3)21-18-8)12-6-13(16(20-5)17-7-12)15-9(2)19-22-11(15)4/h6-7H,1-5H3. The Labute approximate surface area is 128 Å². The summed E-state index contributed by atoms with van der Waals surface area (Å²) in [5.41, 5.74) is 5.24. The maximum Gasteiger partial charge on any atom is 0.221 e. The van der Waals surface area contributed by atoms with Crippen molar-refractivity contribution in [1.82, 2.24) is 15.3 Å². The maximum absolute atomic E-state index is 5.39. The summed E-state index contributed by atoms with van der Waals surface area (Å²) < 4.78 is 15.9. The van der Waals surface area contributed by atoms with E-state index in [9.17, 15) is 0 Å². The van der Waals surface area contributed by atoms with Gasteiger partial charge in [0.1, 0.15) is 11.5 Å². The van der Waals surface area contributed by atoms with Crippen molar-refractivity contribution in [3.05, 3.63) is 35.2 Å². The second-order valence-corrected chi connectivity index (χ2v) is 5.18. The molecule has 0 saturated carbocycles. The lowest BCUT2D eigenvalue weighted by Crippen LogP contribution is -1.95.